The summed E-state index contributed by atoms with van der Waals surface area (Å²) in [6.45, 7) is 5.88. The number of methoxy groups -OCH3 is 1. The van der Waals surface area contributed by atoms with E-state index < -0.39 is 5.97 Å². The van der Waals surface area contributed by atoms with Crippen LogP contribution < -0.4 is 4.90 Å². The van der Waals surface area contributed by atoms with E-state index >= 15 is 0 Å². The number of ether oxygens (including phenoxy) is 2. The molecule has 0 N–H and O–H groups in total. The Hall–Kier alpha value is -1.47. The first-order chi connectivity index (χ1) is 9.42. The number of carbonyl (C=O) groups is 2. The molecule has 1 aromatic heterocycles. The Labute approximate surface area is 122 Å². The van der Waals surface area contributed by atoms with Crippen LogP contribution in [0, 0.1) is 0 Å². The van der Waals surface area contributed by atoms with Crippen LogP contribution >= 0.6 is 11.3 Å². The molecule has 0 spiro atoms. The maximum atomic E-state index is 11.8. The number of Topliss-reactive ketones (excluding diaryl/α,β-unsaturated/α-hetero) is 1. The smallest absolute Gasteiger partial charge is 0.358 e. The van der Waals surface area contributed by atoms with Gasteiger partial charge >= 0.3 is 5.97 Å². The molecule has 0 aliphatic heterocycles. The van der Waals surface area contributed by atoms with Gasteiger partial charge in [0.15, 0.2) is 16.6 Å². The van der Waals surface area contributed by atoms with Crippen molar-refractivity contribution in [1.29, 1.82) is 0 Å². The van der Waals surface area contributed by atoms with Crippen molar-refractivity contribution >= 4 is 28.2 Å². The van der Waals surface area contributed by atoms with Crippen LogP contribution in [0.4, 0.5) is 5.13 Å². The Balaban J connectivity index is 3.08. The fourth-order valence-corrected chi connectivity index (χ4v) is 2.59. The second kappa shape index (κ2) is 7.35. The molecular formula is C13H20N2O4S. The summed E-state index contributed by atoms with van der Waals surface area (Å²) in [4.78, 5) is 29.9. The number of aromatic nitrogens is 1. The van der Waals surface area contributed by atoms with Gasteiger partial charge in [0.2, 0.25) is 0 Å². The van der Waals surface area contributed by atoms with Crippen molar-refractivity contribution in [2.75, 3.05) is 32.3 Å². The highest BCUT2D eigenvalue weighted by atomic mass is 32.1. The first-order valence-electron chi connectivity index (χ1n) is 6.33. The number of carbonyl (C=O) groups excluding carboxylic acids is 2. The zero-order valence-electron chi connectivity index (χ0n) is 12.4. The molecule has 0 aliphatic carbocycles. The summed E-state index contributed by atoms with van der Waals surface area (Å²) in [5, 5.41) is 0.600. The van der Waals surface area contributed by atoms with Gasteiger partial charge in [-0.2, -0.15) is 0 Å². The number of thiazole rings is 1. The third-order valence-electron chi connectivity index (χ3n) is 2.78. The van der Waals surface area contributed by atoms with E-state index in [0.29, 0.717) is 16.6 Å². The van der Waals surface area contributed by atoms with Crippen molar-refractivity contribution in [2.45, 2.75) is 26.8 Å². The van der Waals surface area contributed by atoms with Gasteiger partial charge in [-0.25, -0.2) is 9.78 Å². The number of hydrogen-bond acceptors (Lipinski definition) is 7. The van der Waals surface area contributed by atoms with Crippen molar-refractivity contribution in [1.82, 2.24) is 4.98 Å². The molecule has 1 rings (SSSR count). The van der Waals surface area contributed by atoms with Crippen LogP contribution in [0.1, 0.15) is 40.9 Å². The Morgan fingerprint density at radius 1 is 1.45 bits per heavy atom. The number of anilines is 1. The summed E-state index contributed by atoms with van der Waals surface area (Å²) in [6.07, 6.45) is 0. The van der Waals surface area contributed by atoms with Gasteiger partial charge in [0, 0.05) is 21.1 Å². The standard InChI is InChI=1S/C13H20N2O4S/c1-6-19-12(17)10-11(9(3)16)20-13(14-10)15(4)8(2)7-18-5/h8H,6-7H2,1-5H3. The maximum Gasteiger partial charge on any atom is 0.358 e. The van der Waals surface area contributed by atoms with Crippen LogP contribution in [-0.2, 0) is 9.47 Å². The van der Waals surface area contributed by atoms with Gasteiger partial charge in [-0.3, -0.25) is 4.79 Å². The average molecular weight is 300 g/mol. The van der Waals surface area contributed by atoms with E-state index in [9.17, 15) is 9.59 Å². The molecule has 1 aromatic rings. The van der Waals surface area contributed by atoms with Gasteiger partial charge in [0.25, 0.3) is 0 Å². The van der Waals surface area contributed by atoms with Crippen LogP contribution in [0.25, 0.3) is 0 Å². The molecule has 0 amide bonds. The lowest BCUT2D eigenvalue weighted by Crippen LogP contribution is -2.32. The molecule has 6 nitrogen and oxygen atoms in total. The zero-order chi connectivity index (χ0) is 15.3. The van der Waals surface area contributed by atoms with E-state index in [1.54, 1.807) is 14.0 Å². The van der Waals surface area contributed by atoms with Gasteiger partial charge < -0.3 is 14.4 Å². The first kappa shape index (κ1) is 16.6. The SMILES string of the molecule is CCOC(=O)c1nc(N(C)C(C)COC)sc1C(C)=O. The van der Waals surface area contributed by atoms with Crippen molar-refractivity contribution in [3.8, 4) is 0 Å². The van der Waals surface area contributed by atoms with Crippen molar-refractivity contribution in [3.05, 3.63) is 10.6 Å². The average Bonchev–Trinajstić information content (AvgIpc) is 2.83. The summed E-state index contributed by atoms with van der Waals surface area (Å²) in [7, 11) is 3.47. The Bertz CT molecular complexity index is 487. The van der Waals surface area contributed by atoms with E-state index in [2.05, 4.69) is 4.98 Å². The topological polar surface area (TPSA) is 68.7 Å². The molecule has 0 saturated heterocycles. The van der Waals surface area contributed by atoms with Crippen LogP contribution in [0.15, 0.2) is 0 Å². The quantitative estimate of drug-likeness (QED) is 0.566. The molecule has 0 saturated carbocycles. The number of nitrogens with zero attached hydrogens (tertiary/aromatic N) is 2. The minimum absolute atomic E-state index is 0.0843. The summed E-state index contributed by atoms with van der Waals surface area (Å²) in [5.41, 5.74) is 0.0933. The molecule has 0 aromatic carbocycles. The molecule has 0 aliphatic rings. The fourth-order valence-electron chi connectivity index (χ4n) is 1.58. The largest absolute Gasteiger partial charge is 0.461 e. The van der Waals surface area contributed by atoms with Gasteiger partial charge in [-0.1, -0.05) is 11.3 Å². The number of likely N-dealkylation sites (N-methyl/N-ethyl adjacent to an activating group) is 1. The highest BCUT2D eigenvalue weighted by Crippen LogP contribution is 2.28. The number of rotatable bonds is 7. The van der Waals surface area contributed by atoms with Crippen molar-refractivity contribution in [3.63, 3.8) is 0 Å². The lowest BCUT2D eigenvalue weighted by atomic mass is 10.3. The summed E-state index contributed by atoms with van der Waals surface area (Å²) in [6, 6.07) is 0.0843. The molecule has 1 unspecified atom stereocenters. The summed E-state index contributed by atoms with van der Waals surface area (Å²) >= 11 is 1.19. The predicted molar refractivity (Wildman–Crippen MR) is 77.8 cm³/mol. The molecule has 0 bridgehead atoms. The summed E-state index contributed by atoms with van der Waals surface area (Å²) < 4.78 is 10.0. The predicted octanol–water partition coefficient (Wildman–Crippen LogP) is 1.99. The molecule has 0 radical (unpaired) electrons. The number of esters is 1. The molecular weight excluding hydrogens is 280 g/mol. The first-order valence-corrected chi connectivity index (χ1v) is 7.14. The third-order valence-corrected chi connectivity index (χ3v) is 4.02. The lowest BCUT2D eigenvalue weighted by Gasteiger charge is -2.23. The number of hydrogen-bond donors (Lipinski definition) is 0. The van der Waals surface area contributed by atoms with E-state index in [1.165, 1.54) is 18.3 Å². The third kappa shape index (κ3) is 3.77. The van der Waals surface area contributed by atoms with E-state index in [0.717, 1.165) is 0 Å². The van der Waals surface area contributed by atoms with Crippen molar-refractivity contribution < 1.29 is 19.1 Å². The van der Waals surface area contributed by atoms with Crippen LogP contribution in [0.5, 0.6) is 0 Å². The highest BCUT2D eigenvalue weighted by Gasteiger charge is 2.24. The molecule has 1 heterocycles. The molecule has 1 atom stereocenters. The van der Waals surface area contributed by atoms with Gasteiger partial charge in [0.05, 0.1) is 19.3 Å². The fraction of sp³-hybridized carbons (Fsp3) is 0.615. The second-order valence-electron chi connectivity index (χ2n) is 4.37. The van der Waals surface area contributed by atoms with Gasteiger partial charge in [-0.15, -0.1) is 0 Å². The minimum Gasteiger partial charge on any atom is -0.461 e. The Morgan fingerprint density at radius 3 is 2.60 bits per heavy atom. The normalized spacial score (nSPS) is 12.1. The summed E-state index contributed by atoms with van der Waals surface area (Å²) in [5.74, 6) is -0.752. The molecule has 112 valence electrons. The van der Waals surface area contributed by atoms with Gasteiger partial charge in [0.1, 0.15) is 4.88 Å². The van der Waals surface area contributed by atoms with Gasteiger partial charge in [-0.05, 0) is 13.8 Å². The second-order valence-corrected chi connectivity index (χ2v) is 5.34. The highest BCUT2D eigenvalue weighted by molar-refractivity contribution is 7.17. The van der Waals surface area contributed by atoms with Crippen molar-refractivity contribution in [2.24, 2.45) is 0 Å². The van der Waals surface area contributed by atoms with E-state index in [-0.39, 0.29) is 24.1 Å². The lowest BCUT2D eigenvalue weighted by molar-refractivity contribution is 0.0517. The van der Waals surface area contributed by atoms with E-state index in [4.69, 9.17) is 9.47 Å². The van der Waals surface area contributed by atoms with Crippen LogP contribution in [-0.4, -0.2) is 50.1 Å². The monoisotopic (exact) mass is 300 g/mol. The molecule has 0 fully saturated rings. The van der Waals surface area contributed by atoms with E-state index in [1.807, 2.05) is 18.9 Å². The zero-order valence-corrected chi connectivity index (χ0v) is 13.2. The molecule has 20 heavy (non-hydrogen) atoms. The number of ketones is 1. The van der Waals surface area contributed by atoms with Crippen LogP contribution in [0.2, 0.25) is 0 Å². The Morgan fingerprint density at radius 2 is 2.10 bits per heavy atom. The maximum absolute atomic E-state index is 11.8. The Kier molecular flexibility index (Phi) is 6.09. The minimum atomic E-state index is -0.562. The molecule has 7 heteroatoms. The van der Waals surface area contributed by atoms with Crippen LogP contribution in [0.3, 0.4) is 0 Å².